The topological polar surface area (TPSA) is 69.9 Å². The van der Waals surface area contributed by atoms with E-state index in [0.717, 1.165) is 22.5 Å². The number of esters is 1. The van der Waals surface area contributed by atoms with Crippen LogP contribution in [0.5, 0.6) is 0 Å². The van der Waals surface area contributed by atoms with Gasteiger partial charge in [-0.1, -0.05) is 13.8 Å². The van der Waals surface area contributed by atoms with Gasteiger partial charge in [-0.05, 0) is 18.8 Å². The molecule has 22 heavy (non-hydrogen) atoms. The van der Waals surface area contributed by atoms with E-state index in [1.807, 2.05) is 13.2 Å². The molecule has 2 heterocycles. The lowest BCUT2D eigenvalue weighted by atomic mass is 9.74. The first-order valence-electron chi connectivity index (χ1n) is 7.11. The number of ether oxygens (including phenoxy) is 1. The molecule has 6 nitrogen and oxygen atoms in total. The lowest BCUT2D eigenvalue weighted by molar-refractivity contribution is 0.0517. The third-order valence-corrected chi connectivity index (χ3v) is 4.47. The number of aromatic nitrogens is 4. The van der Waals surface area contributed by atoms with Crippen LogP contribution >= 0.6 is 22.6 Å². The van der Waals surface area contributed by atoms with Gasteiger partial charge in [0.2, 0.25) is 0 Å². The van der Waals surface area contributed by atoms with Crippen LogP contribution in [0.4, 0.5) is 0 Å². The number of rotatable bonds is 2. The molecule has 1 aliphatic rings. The molecule has 116 valence electrons. The Balaban J connectivity index is 2.26. The molecule has 2 aromatic rings. The lowest BCUT2D eigenvalue weighted by Gasteiger charge is -2.31. The highest BCUT2D eigenvalue weighted by Crippen LogP contribution is 2.42. The number of carbonyl (C=O) groups excluding carboxylic acids is 1. The van der Waals surface area contributed by atoms with Crippen molar-refractivity contribution < 1.29 is 9.53 Å². The Labute approximate surface area is 142 Å². The van der Waals surface area contributed by atoms with Crippen molar-refractivity contribution in [3.8, 4) is 11.4 Å². The number of halogens is 1. The standard InChI is InChI=1S/C15H17IN4O2/c1-5-22-13(21)10-8-6-15(2,3)9-7-17-14(16)18-11(9)12(8)20(4)19-10/h7H,5-6H2,1-4H3. The van der Waals surface area contributed by atoms with Gasteiger partial charge in [0, 0.05) is 47.0 Å². The van der Waals surface area contributed by atoms with E-state index in [2.05, 4.69) is 51.5 Å². The van der Waals surface area contributed by atoms with Gasteiger partial charge in [0.25, 0.3) is 0 Å². The van der Waals surface area contributed by atoms with E-state index in [-0.39, 0.29) is 11.4 Å². The Bertz CT molecular complexity index is 767. The lowest BCUT2D eigenvalue weighted by Crippen LogP contribution is -2.28. The van der Waals surface area contributed by atoms with Crippen molar-refractivity contribution in [3.05, 3.63) is 26.8 Å². The fourth-order valence-electron chi connectivity index (χ4n) is 2.97. The smallest absolute Gasteiger partial charge is 0.359 e. The SMILES string of the molecule is CCOC(=O)c1nn(C)c2c1CC(C)(C)c1cnc(I)nc1-2. The fourth-order valence-corrected chi connectivity index (χ4v) is 3.35. The number of aryl methyl sites for hydroxylation is 1. The van der Waals surface area contributed by atoms with Crippen LogP contribution in [0.1, 0.15) is 42.4 Å². The Hall–Kier alpha value is -1.51. The highest BCUT2D eigenvalue weighted by molar-refractivity contribution is 14.1. The van der Waals surface area contributed by atoms with Gasteiger partial charge in [-0.15, -0.1) is 0 Å². The Morgan fingerprint density at radius 2 is 2.23 bits per heavy atom. The first kappa shape index (κ1) is 15.4. The molecule has 0 atom stereocenters. The number of hydrogen-bond acceptors (Lipinski definition) is 5. The molecule has 2 aromatic heterocycles. The van der Waals surface area contributed by atoms with Gasteiger partial charge in [0.15, 0.2) is 9.53 Å². The van der Waals surface area contributed by atoms with Crippen molar-refractivity contribution in [2.24, 2.45) is 7.05 Å². The molecular weight excluding hydrogens is 395 g/mol. The van der Waals surface area contributed by atoms with Crippen LogP contribution in [0.15, 0.2) is 6.20 Å². The maximum Gasteiger partial charge on any atom is 0.359 e. The molecule has 0 N–H and O–H groups in total. The minimum absolute atomic E-state index is 0.156. The normalized spacial score (nSPS) is 15.1. The Morgan fingerprint density at radius 3 is 2.91 bits per heavy atom. The van der Waals surface area contributed by atoms with Gasteiger partial charge in [-0.2, -0.15) is 5.10 Å². The largest absolute Gasteiger partial charge is 0.461 e. The maximum atomic E-state index is 12.2. The molecule has 0 unspecified atom stereocenters. The summed E-state index contributed by atoms with van der Waals surface area (Å²) in [5.41, 5.74) is 3.98. The van der Waals surface area contributed by atoms with E-state index < -0.39 is 0 Å². The van der Waals surface area contributed by atoms with Gasteiger partial charge in [0.05, 0.1) is 18.0 Å². The second kappa shape index (κ2) is 5.29. The van der Waals surface area contributed by atoms with E-state index in [1.54, 1.807) is 11.6 Å². The van der Waals surface area contributed by atoms with Crippen LogP contribution in [-0.4, -0.2) is 32.3 Å². The summed E-state index contributed by atoms with van der Waals surface area (Å²) in [7, 11) is 1.83. The van der Waals surface area contributed by atoms with Crippen molar-refractivity contribution in [1.82, 2.24) is 19.7 Å². The zero-order chi connectivity index (χ0) is 16.1. The second-order valence-corrected chi connectivity index (χ2v) is 6.95. The van der Waals surface area contributed by atoms with Gasteiger partial charge in [-0.3, -0.25) is 4.68 Å². The van der Waals surface area contributed by atoms with E-state index in [0.29, 0.717) is 22.6 Å². The molecule has 0 aliphatic heterocycles. The summed E-state index contributed by atoms with van der Waals surface area (Å²) in [6.07, 6.45) is 2.59. The van der Waals surface area contributed by atoms with Crippen LogP contribution in [0.3, 0.4) is 0 Å². The number of hydrogen-bond donors (Lipinski definition) is 0. The molecular formula is C15H17IN4O2. The molecule has 3 rings (SSSR count). The van der Waals surface area contributed by atoms with E-state index >= 15 is 0 Å². The number of fused-ring (bicyclic) bond motifs is 3. The van der Waals surface area contributed by atoms with Crippen molar-refractivity contribution in [3.63, 3.8) is 0 Å². The van der Waals surface area contributed by atoms with Crippen molar-refractivity contribution in [1.29, 1.82) is 0 Å². The third-order valence-electron chi connectivity index (χ3n) is 3.95. The minimum Gasteiger partial charge on any atom is -0.461 e. The molecule has 0 spiro atoms. The third kappa shape index (κ3) is 2.31. The van der Waals surface area contributed by atoms with Crippen molar-refractivity contribution in [2.75, 3.05) is 6.61 Å². The summed E-state index contributed by atoms with van der Waals surface area (Å²) in [5.74, 6) is -0.373. The number of nitrogens with zero attached hydrogens (tertiary/aromatic N) is 4. The molecule has 0 aromatic carbocycles. The molecule has 0 fully saturated rings. The van der Waals surface area contributed by atoms with E-state index in [9.17, 15) is 4.79 Å². The second-order valence-electron chi connectivity index (χ2n) is 5.98. The zero-order valence-corrected chi connectivity index (χ0v) is 15.1. The van der Waals surface area contributed by atoms with Crippen LogP contribution in [0.2, 0.25) is 0 Å². The summed E-state index contributed by atoms with van der Waals surface area (Å²) in [4.78, 5) is 21.1. The van der Waals surface area contributed by atoms with Gasteiger partial charge in [0.1, 0.15) is 0 Å². The van der Waals surface area contributed by atoms with Gasteiger partial charge < -0.3 is 4.74 Å². The predicted molar refractivity (Wildman–Crippen MR) is 89.6 cm³/mol. The monoisotopic (exact) mass is 412 g/mol. The predicted octanol–water partition coefficient (Wildman–Crippen LogP) is 2.49. The molecule has 0 radical (unpaired) electrons. The van der Waals surface area contributed by atoms with Crippen LogP contribution in [0.25, 0.3) is 11.4 Å². The number of carbonyl (C=O) groups is 1. The van der Waals surface area contributed by atoms with Gasteiger partial charge >= 0.3 is 5.97 Å². The fraction of sp³-hybridized carbons (Fsp3) is 0.467. The Kier molecular flexibility index (Phi) is 3.70. The molecule has 7 heteroatoms. The average molecular weight is 412 g/mol. The highest BCUT2D eigenvalue weighted by atomic mass is 127. The molecule has 0 bridgehead atoms. The Morgan fingerprint density at radius 1 is 1.50 bits per heavy atom. The highest BCUT2D eigenvalue weighted by Gasteiger charge is 2.38. The summed E-state index contributed by atoms with van der Waals surface area (Å²) in [5, 5.41) is 4.38. The molecule has 0 saturated carbocycles. The van der Waals surface area contributed by atoms with Crippen molar-refractivity contribution in [2.45, 2.75) is 32.6 Å². The van der Waals surface area contributed by atoms with Crippen LogP contribution < -0.4 is 0 Å². The summed E-state index contributed by atoms with van der Waals surface area (Å²) < 4.78 is 7.54. The molecule has 1 aliphatic carbocycles. The van der Waals surface area contributed by atoms with Crippen LogP contribution in [-0.2, 0) is 23.6 Å². The first-order chi connectivity index (χ1) is 10.3. The quantitative estimate of drug-likeness (QED) is 0.431. The first-order valence-corrected chi connectivity index (χ1v) is 8.19. The summed E-state index contributed by atoms with van der Waals surface area (Å²) in [6.45, 7) is 6.40. The van der Waals surface area contributed by atoms with Gasteiger partial charge in [-0.25, -0.2) is 14.8 Å². The summed E-state index contributed by atoms with van der Waals surface area (Å²) >= 11 is 2.10. The minimum atomic E-state index is -0.373. The van der Waals surface area contributed by atoms with E-state index in [4.69, 9.17) is 4.74 Å². The maximum absolute atomic E-state index is 12.2. The van der Waals surface area contributed by atoms with Crippen molar-refractivity contribution >= 4 is 28.6 Å². The average Bonchev–Trinajstić information content (AvgIpc) is 2.75. The molecule has 0 amide bonds. The summed E-state index contributed by atoms with van der Waals surface area (Å²) in [6, 6.07) is 0. The zero-order valence-electron chi connectivity index (χ0n) is 13.0. The van der Waals surface area contributed by atoms with E-state index in [1.165, 1.54) is 0 Å². The molecule has 0 saturated heterocycles. The van der Waals surface area contributed by atoms with Crippen LogP contribution in [0, 0.1) is 3.83 Å².